The van der Waals surface area contributed by atoms with Crippen molar-refractivity contribution in [2.24, 2.45) is 0 Å². The lowest BCUT2D eigenvalue weighted by Gasteiger charge is -2.57. The van der Waals surface area contributed by atoms with Gasteiger partial charge in [-0.05, 0) is 37.1 Å². The number of hydrogen-bond donors (Lipinski definition) is 1. The summed E-state index contributed by atoms with van der Waals surface area (Å²) in [7, 11) is 0. The molecule has 7 heteroatoms. The molecule has 1 amide bonds. The van der Waals surface area contributed by atoms with Crippen LogP contribution < -0.4 is 0 Å². The van der Waals surface area contributed by atoms with Gasteiger partial charge >= 0.3 is 0 Å². The Morgan fingerprint density at radius 1 is 1.11 bits per heavy atom. The van der Waals surface area contributed by atoms with Crippen molar-refractivity contribution in [2.45, 2.75) is 30.8 Å². The minimum atomic E-state index is 0.153. The molecule has 0 saturated carbocycles. The van der Waals surface area contributed by atoms with Gasteiger partial charge in [-0.15, -0.1) is 0 Å². The lowest BCUT2D eigenvalue weighted by molar-refractivity contribution is -0.138. The fourth-order valence-electron chi connectivity index (χ4n) is 4.90. The van der Waals surface area contributed by atoms with Gasteiger partial charge in [0.25, 0.3) is 0 Å². The van der Waals surface area contributed by atoms with Crippen molar-refractivity contribution in [3.8, 4) is 0 Å². The molecule has 3 saturated heterocycles. The lowest BCUT2D eigenvalue weighted by Crippen LogP contribution is -2.68. The van der Waals surface area contributed by atoms with E-state index in [0.29, 0.717) is 19.8 Å². The summed E-state index contributed by atoms with van der Waals surface area (Å²) in [5.74, 6) is 0.501. The third-order valence-corrected chi connectivity index (χ3v) is 6.97. The third-order valence-electron chi connectivity index (χ3n) is 6.44. The summed E-state index contributed by atoms with van der Waals surface area (Å²) in [5.41, 5.74) is 1.25. The molecule has 28 heavy (non-hydrogen) atoms. The van der Waals surface area contributed by atoms with Crippen molar-refractivity contribution >= 4 is 21.8 Å². The fraction of sp³-hybridized carbons (Fsp3) is 0.667. The third kappa shape index (κ3) is 4.28. The van der Waals surface area contributed by atoms with Crippen molar-refractivity contribution in [2.75, 3.05) is 59.1 Å². The molecule has 0 radical (unpaired) electrons. The number of carbonyl (C=O) groups is 1. The van der Waals surface area contributed by atoms with Crippen LogP contribution in [-0.4, -0.2) is 96.9 Å². The average Bonchev–Trinajstić information content (AvgIpc) is 2.69. The van der Waals surface area contributed by atoms with Crippen molar-refractivity contribution in [1.29, 1.82) is 0 Å². The van der Waals surface area contributed by atoms with Crippen molar-refractivity contribution in [1.82, 2.24) is 14.7 Å². The second-order valence-electron chi connectivity index (χ2n) is 8.07. The number of amides is 1. The number of ether oxygens (including phenoxy) is 1. The summed E-state index contributed by atoms with van der Waals surface area (Å²) in [5, 5.41) is 10.0. The molecule has 3 aliphatic rings. The highest BCUT2D eigenvalue weighted by molar-refractivity contribution is 9.10. The van der Waals surface area contributed by atoms with Crippen LogP contribution in [0.25, 0.3) is 0 Å². The van der Waals surface area contributed by atoms with Gasteiger partial charge in [0, 0.05) is 48.7 Å². The number of morpholine rings is 1. The van der Waals surface area contributed by atoms with Crippen molar-refractivity contribution in [3.05, 3.63) is 34.3 Å². The van der Waals surface area contributed by atoms with Crippen LogP contribution in [0.3, 0.4) is 0 Å². The summed E-state index contributed by atoms with van der Waals surface area (Å²) < 4.78 is 6.46. The van der Waals surface area contributed by atoms with Gasteiger partial charge in [-0.1, -0.05) is 28.1 Å². The van der Waals surface area contributed by atoms with E-state index in [-0.39, 0.29) is 30.5 Å². The highest BCUT2D eigenvalue weighted by Crippen LogP contribution is 2.42. The summed E-state index contributed by atoms with van der Waals surface area (Å²) in [6.45, 7) is 6.36. The van der Waals surface area contributed by atoms with Crippen LogP contribution >= 0.6 is 15.9 Å². The number of aliphatic hydroxyl groups is 1. The van der Waals surface area contributed by atoms with Crippen LogP contribution in [-0.2, 0) is 9.53 Å². The van der Waals surface area contributed by atoms with Crippen LogP contribution in [0.5, 0.6) is 0 Å². The number of hydrogen-bond acceptors (Lipinski definition) is 5. The van der Waals surface area contributed by atoms with Gasteiger partial charge in [-0.3, -0.25) is 14.6 Å². The zero-order valence-corrected chi connectivity index (χ0v) is 17.9. The summed E-state index contributed by atoms with van der Waals surface area (Å²) in [6.07, 6.45) is 2.10. The highest BCUT2D eigenvalue weighted by atomic mass is 79.9. The number of benzene rings is 1. The Kier molecular flexibility index (Phi) is 6.68. The van der Waals surface area contributed by atoms with E-state index in [1.54, 1.807) is 0 Å². The molecule has 1 aromatic rings. The smallest absolute Gasteiger partial charge is 0.236 e. The van der Waals surface area contributed by atoms with Gasteiger partial charge < -0.3 is 14.7 Å². The van der Waals surface area contributed by atoms with E-state index < -0.39 is 0 Å². The molecular formula is C21H30BrN3O3. The van der Waals surface area contributed by atoms with Gasteiger partial charge in [-0.25, -0.2) is 0 Å². The van der Waals surface area contributed by atoms with Crippen LogP contribution in [0.1, 0.15) is 24.3 Å². The zero-order chi connectivity index (χ0) is 19.5. The SMILES string of the molecule is O=C(CN1CCOCC1)N1CCCCN2[C@H](CO)[C@@H](c3ccc(Br)cc3)[C@@H]2C1. The highest BCUT2D eigenvalue weighted by Gasteiger charge is 2.49. The monoisotopic (exact) mass is 451 g/mol. The number of halogens is 1. The summed E-state index contributed by atoms with van der Waals surface area (Å²) in [4.78, 5) is 19.7. The molecule has 0 aromatic heterocycles. The first-order valence-corrected chi connectivity index (χ1v) is 11.2. The molecule has 3 aliphatic heterocycles. The van der Waals surface area contributed by atoms with Crippen molar-refractivity contribution < 1.29 is 14.6 Å². The molecule has 0 bridgehead atoms. The average molecular weight is 452 g/mol. The summed E-state index contributed by atoms with van der Waals surface area (Å²) >= 11 is 3.51. The molecule has 6 nitrogen and oxygen atoms in total. The predicted molar refractivity (Wildman–Crippen MR) is 111 cm³/mol. The first-order valence-electron chi connectivity index (χ1n) is 10.4. The Bertz CT molecular complexity index is 665. The molecule has 1 N–H and O–H groups in total. The lowest BCUT2D eigenvalue weighted by atomic mass is 9.74. The number of fused-ring (bicyclic) bond motifs is 1. The van der Waals surface area contributed by atoms with E-state index in [0.717, 1.165) is 50.0 Å². The second-order valence-corrected chi connectivity index (χ2v) is 8.98. The summed E-state index contributed by atoms with van der Waals surface area (Å²) in [6, 6.07) is 8.86. The molecule has 4 rings (SSSR count). The molecule has 1 aromatic carbocycles. The topological polar surface area (TPSA) is 56.2 Å². The van der Waals surface area contributed by atoms with Crippen molar-refractivity contribution in [3.63, 3.8) is 0 Å². The standard InChI is InChI=1S/C21H30BrN3O3/c22-17-5-3-16(4-6-17)21-18-13-24(7-1-2-8-25(18)19(21)15-26)20(27)14-23-9-11-28-12-10-23/h3-6,18-19,21,26H,1-2,7-15H2/t18-,19+,21-/m0/s1. The van der Waals surface area contributed by atoms with Gasteiger partial charge in [-0.2, -0.15) is 0 Å². The Hall–Kier alpha value is -0.990. The molecular weight excluding hydrogens is 422 g/mol. The van der Waals surface area contributed by atoms with E-state index in [1.165, 1.54) is 5.56 Å². The number of rotatable bonds is 4. The molecule has 3 atom stereocenters. The molecule has 0 unspecified atom stereocenters. The Morgan fingerprint density at radius 2 is 1.82 bits per heavy atom. The largest absolute Gasteiger partial charge is 0.395 e. The second kappa shape index (κ2) is 9.22. The van der Waals surface area contributed by atoms with E-state index in [1.807, 2.05) is 0 Å². The van der Waals surface area contributed by atoms with Gasteiger partial charge in [0.2, 0.25) is 5.91 Å². The molecule has 0 spiro atoms. The quantitative estimate of drug-likeness (QED) is 0.751. The zero-order valence-electron chi connectivity index (χ0n) is 16.3. The Balaban J connectivity index is 1.47. The number of aliphatic hydroxyl groups excluding tert-OH is 1. The van der Waals surface area contributed by atoms with Crippen LogP contribution in [0.2, 0.25) is 0 Å². The molecule has 154 valence electrons. The van der Waals surface area contributed by atoms with E-state index in [9.17, 15) is 9.90 Å². The number of nitrogens with zero attached hydrogens (tertiary/aromatic N) is 3. The molecule has 0 aliphatic carbocycles. The Morgan fingerprint density at radius 3 is 2.54 bits per heavy atom. The minimum Gasteiger partial charge on any atom is -0.395 e. The van der Waals surface area contributed by atoms with E-state index in [4.69, 9.17) is 4.74 Å². The van der Waals surface area contributed by atoms with Crippen LogP contribution in [0.15, 0.2) is 28.7 Å². The first-order chi connectivity index (χ1) is 13.7. The molecule has 3 heterocycles. The minimum absolute atomic E-state index is 0.153. The normalized spacial score (nSPS) is 29.5. The van der Waals surface area contributed by atoms with E-state index >= 15 is 0 Å². The maximum absolute atomic E-state index is 13.0. The first kappa shape index (κ1) is 20.3. The van der Waals surface area contributed by atoms with Gasteiger partial charge in [0.05, 0.1) is 26.4 Å². The van der Waals surface area contributed by atoms with Crippen LogP contribution in [0.4, 0.5) is 0 Å². The molecule has 3 fully saturated rings. The van der Waals surface area contributed by atoms with Gasteiger partial charge in [0.15, 0.2) is 0 Å². The maximum atomic E-state index is 13.0. The number of carbonyl (C=O) groups excluding carboxylic acids is 1. The maximum Gasteiger partial charge on any atom is 0.236 e. The van der Waals surface area contributed by atoms with E-state index in [2.05, 4.69) is 54.9 Å². The van der Waals surface area contributed by atoms with Gasteiger partial charge in [0.1, 0.15) is 0 Å². The Labute approximate surface area is 175 Å². The van der Waals surface area contributed by atoms with Crippen LogP contribution in [0, 0.1) is 0 Å². The predicted octanol–water partition coefficient (Wildman–Crippen LogP) is 1.53. The fourth-order valence-corrected chi connectivity index (χ4v) is 5.17.